The molecular formula is C32H54. The summed E-state index contributed by atoms with van der Waals surface area (Å²) < 4.78 is 0. The van der Waals surface area contributed by atoms with Crippen molar-refractivity contribution in [3.8, 4) is 0 Å². The van der Waals surface area contributed by atoms with E-state index < -0.39 is 0 Å². The zero-order valence-electron chi connectivity index (χ0n) is 21.7. The van der Waals surface area contributed by atoms with Crippen LogP contribution < -0.4 is 0 Å². The molecule has 0 bridgehead atoms. The molecule has 5 saturated carbocycles. The molecule has 0 spiro atoms. The maximum atomic E-state index is 2.51. The molecule has 0 heteroatoms. The van der Waals surface area contributed by atoms with Gasteiger partial charge in [0.2, 0.25) is 0 Å². The molecule has 0 N–H and O–H groups in total. The van der Waals surface area contributed by atoms with E-state index in [4.69, 9.17) is 0 Å². The zero-order valence-corrected chi connectivity index (χ0v) is 21.7. The highest BCUT2D eigenvalue weighted by Crippen LogP contribution is 2.52. The molecule has 8 atom stereocenters. The SMILES string of the molecule is C/C=C/C1CCC2CC(C3CCC(C4CCC5CC(CCC)CCC5C4)CC3)CCC2C1. The Balaban J connectivity index is 1.06. The minimum absolute atomic E-state index is 0.907. The summed E-state index contributed by atoms with van der Waals surface area (Å²) in [6.45, 7) is 4.60. The van der Waals surface area contributed by atoms with E-state index in [1.807, 2.05) is 0 Å². The fraction of sp³-hybridized carbons (Fsp3) is 0.938. The van der Waals surface area contributed by atoms with Crippen LogP contribution in [0.5, 0.6) is 0 Å². The third-order valence-electron chi connectivity index (χ3n) is 11.8. The molecule has 0 aromatic carbocycles. The van der Waals surface area contributed by atoms with E-state index in [1.165, 1.54) is 32.1 Å². The number of rotatable bonds is 5. The third kappa shape index (κ3) is 5.35. The molecule has 32 heavy (non-hydrogen) atoms. The van der Waals surface area contributed by atoms with Gasteiger partial charge in [0.25, 0.3) is 0 Å². The molecule has 8 unspecified atom stereocenters. The predicted octanol–water partition coefficient (Wildman–Crippen LogP) is 9.83. The van der Waals surface area contributed by atoms with Gasteiger partial charge in [0.05, 0.1) is 0 Å². The highest BCUT2D eigenvalue weighted by atomic mass is 14.5. The molecule has 0 aliphatic heterocycles. The van der Waals surface area contributed by atoms with Gasteiger partial charge in [-0.15, -0.1) is 0 Å². The summed E-state index contributed by atoms with van der Waals surface area (Å²) >= 11 is 0. The van der Waals surface area contributed by atoms with E-state index >= 15 is 0 Å². The summed E-state index contributed by atoms with van der Waals surface area (Å²) in [6, 6.07) is 0. The van der Waals surface area contributed by atoms with Gasteiger partial charge >= 0.3 is 0 Å². The van der Waals surface area contributed by atoms with Crippen LogP contribution in [0.15, 0.2) is 12.2 Å². The Morgan fingerprint density at radius 1 is 0.500 bits per heavy atom. The number of allylic oxidation sites excluding steroid dienone is 2. The molecule has 5 aliphatic rings. The molecule has 5 aliphatic carbocycles. The van der Waals surface area contributed by atoms with Crippen molar-refractivity contribution in [3.05, 3.63) is 12.2 Å². The molecule has 0 amide bonds. The van der Waals surface area contributed by atoms with Gasteiger partial charge in [0, 0.05) is 0 Å². The largest absolute Gasteiger partial charge is 0.0914 e. The first-order valence-corrected chi connectivity index (χ1v) is 15.4. The van der Waals surface area contributed by atoms with Gasteiger partial charge in [-0.05, 0) is 162 Å². The normalized spacial score (nSPS) is 47.7. The lowest BCUT2D eigenvalue weighted by molar-refractivity contribution is 0.0379. The molecule has 0 nitrogen and oxygen atoms in total. The standard InChI is InChI=1S/C32H54/c1-3-5-23-7-9-31-21-29(17-15-27(31)19-23)25-11-13-26(14-12-25)30-18-16-28-20-24(6-4-2)8-10-32(28)22-30/h3,5,23-32H,4,6-22H2,1-2H3/b5-3+. The van der Waals surface area contributed by atoms with E-state index in [9.17, 15) is 0 Å². The highest BCUT2D eigenvalue weighted by Gasteiger charge is 2.41. The second-order valence-electron chi connectivity index (χ2n) is 13.4. The fourth-order valence-electron chi connectivity index (χ4n) is 10.0. The van der Waals surface area contributed by atoms with Crippen LogP contribution >= 0.6 is 0 Å². The molecule has 182 valence electrons. The van der Waals surface area contributed by atoms with Gasteiger partial charge in [0.15, 0.2) is 0 Å². The average molecular weight is 439 g/mol. The van der Waals surface area contributed by atoms with Crippen molar-refractivity contribution in [1.29, 1.82) is 0 Å². The molecule has 0 heterocycles. The maximum absolute atomic E-state index is 2.51. The van der Waals surface area contributed by atoms with Gasteiger partial charge in [0.1, 0.15) is 0 Å². The predicted molar refractivity (Wildman–Crippen MR) is 138 cm³/mol. The quantitative estimate of drug-likeness (QED) is 0.375. The van der Waals surface area contributed by atoms with Crippen LogP contribution in [0.1, 0.15) is 129 Å². The fourth-order valence-corrected chi connectivity index (χ4v) is 10.0. The summed E-state index contributed by atoms with van der Waals surface area (Å²) in [4.78, 5) is 0. The van der Waals surface area contributed by atoms with Crippen LogP contribution in [-0.2, 0) is 0 Å². The molecular weight excluding hydrogens is 384 g/mol. The Kier molecular flexibility index (Phi) is 8.06. The first-order chi connectivity index (χ1) is 15.7. The van der Waals surface area contributed by atoms with Crippen molar-refractivity contribution in [3.63, 3.8) is 0 Å². The molecule has 0 aromatic heterocycles. The van der Waals surface area contributed by atoms with Crippen molar-refractivity contribution in [1.82, 2.24) is 0 Å². The monoisotopic (exact) mass is 438 g/mol. The molecule has 5 rings (SSSR count). The van der Waals surface area contributed by atoms with Crippen molar-refractivity contribution in [2.24, 2.45) is 59.2 Å². The topological polar surface area (TPSA) is 0 Å². The van der Waals surface area contributed by atoms with Crippen LogP contribution in [0.3, 0.4) is 0 Å². The lowest BCUT2D eigenvalue weighted by atomic mass is 9.58. The van der Waals surface area contributed by atoms with E-state index in [2.05, 4.69) is 26.0 Å². The van der Waals surface area contributed by atoms with Gasteiger partial charge in [-0.3, -0.25) is 0 Å². The number of hydrogen-bond acceptors (Lipinski definition) is 0. The molecule has 5 fully saturated rings. The van der Waals surface area contributed by atoms with Crippen LogP contribution in [0.2, 0.25) is 0 Å². The summed E-state index contributed by atoms with van der Waals surface area (Å²) in [5.74, 6) is 10.8. The van der Waals surface area contributed by atoms with Gasteiger partial charge in [-0.2, -0.15) is 0 Å². The molecule has 0 radical (unpaired) electrons. The Morgan fingerprint density at radius 2 is 0.938 bits per heavy atom. The van der Waals surface area contributed by atoms with Gasteiger partial charge in [-0.25, -0.2) is 0 Å². The summed E-state index contributed by atoms with van der Waals surface area (Å²) in [5, 5.41) is 0. The summed E-state index contributed by atoms with van der Waals surface area (Å²) in [6.07, 6.45) is 32.9. The van der Waals surface area contributed by atoms with Crippen LogP contribution in [0.4, 0.5) is 0 Å². The van der Waals surface area contributed by atoms with Crippen molar-refractivity contribution in [2.75, 3.05) is 0 Å². The summed E-state index contributed by atoms with van der Waals surface area (Å²) in [5.41, 5.74) is 0. The third-order valence-corrected chi connectivity index (χ3v) is 11.8. The Hall–Kier alpha value is -0.260. The van der Waals surface area contributed by atoms with Crippen molar-refractivity contribution in [2.45, 2.75) is 129 Å². The van der Waals surface area contributed by atoms with E-state index in [0.29, 0.717) is 0 Å². The van der Waals surface area contributed by atoms with Crippen LogP contribution in [0.25, 0.3) is 0 Å². The maximum Gasteiger partial charge on any atom is -0.0231 e. The number of fused-ring (bicyclic) bond motifs is 2. The van der Waals surface area contributed by atoms with Gasteiger partial charge in [-0.1, -0.05) is 38.3 Å². The van der Waals surface area contributed by atoms with Crippen LogP contribution in [-0.4, -0.2) is 0 Å². The van der Waals surface area contributed by atoms with Crippen LogP contribution in [0, 0.1) is 59.2 Å². The first-order valence-electron chi connectivity index (χ1n) is 15.4. The number of hydrogen-bond donors (Lipinski definition) is 0. The Bertz CT molecular complexity index is 595. The second-order valence-corrected chi connectivity index (χ2v) is 13.4. The first kappa shape index (κ1) is 23.5. The van der Waals surface area contributed by atoms with E-state index in [1.54, 1.807) is 83.5 Å². The molecule has 0 saturated heterocycles. The Labute approximate surface area is 200 Å². The molecule has 0 aromatic rings. The van der Waals surface area contributed by atoms with Gasteiger partial charge < -0.3 is 0 Å². The minimum atomic E-state index is 0.907. The zero-order chi connectivity index (χ0) is 21.9. The average Bonchev–Trinajstić information content (AvgIpc) is 2.84. The Morgan fingerprint density at radius 3 is 1.50 bits per heavy atom. The van der Waals surface area contributed by atoms with E-state index in [0.717, 1.165) is 59.2 Å². The minimum Gasteiger partial charge on any atom is -0.0914 e. The lowest BCUT2D eigenvalue weighted by Gasteiger charge is -2.47. The van der Waals surface area contributed by atoms with Crippen molar-refractivity contribution < 1.29 is 0 Å². The highest BCUT2D eigenvalue weighted by molar-refractivity contribution is 4.96. The second kappa shape index (κ2) is 11.0. The lowest BCUT2D eigenvalue weighted by Crippen LogP contribution is -2.36. The summed E-state index contributed by atoms with van der Waals surface area (Å²) in [7, 11) is 0. The van der Waals surface area contributed by atoms with E-state index in [-0.39, 0.29) is 0 Å². The smallest absolute Gasteiger partial charge is 0.0231 e. The van der Waals surface area contributed by atoms with Crippen molar-refractivity contribution >= 4 is 0 Å².